The Morgan fingerprint density at radius 3 is 2.26 bits per heavy atom. The Morgan fingerprint density at radius 1 is 1.06 bits per heavy atom. The standard InChI is InChI=1S/C23H28N6O2/c1-13-6-11-16(12-17(13)22(31)26-5)27-21-18(20(25)30)19(28-29(21)23(2,3)4)14-7-9-15(24)10-8-14/h6-12,27H,24H2,1-5H3,(H2,25,30)(H,26,31). The van der Waals surface area contributed by atoms with E-state index in [1.165, 1.54) is 0 Å². The van der Waals surface area contributed by atoms with Gasteiger partial charge < -0.3 is 22.1 Å². The average molecular weight is 421 g/mol. The summed E-state index contributed by atoms with van der Waals surface area (Å²) in [6.45, 7) is 7.80. The summed E-state index contributed by atoms with van der Waals surface area (Å²) in [7, 11) is 1.58. The van der Waals surface area contributed by atoms with Crippen molar-refractivity contribution in [2.75, 3.05) is 18.1 Å². The molecule has 6 N–H and O–H groups in total. The van der Waals surface area contributed by atoms with E-state index in [2.05, 4.69) is 10.6 Å². The summed E-state index contributed by atoms with van der Waals surface area (Å²) in [6.07, 6.45) is 0. The molecule has 0 atom stereocenters. The number of aryl methyl sites for hydroxylation is 1. The molecule has 0 fully saturated rings. The van der Waals surface area contributed by atoms with Crippen LogP contribution < -0.4 is 22.1 Å². The highest BCUT2D eigenvalue weighted by atomic mass is 16.2. The Kier molecular flexibility index (Phi) is 5.75. The zero-order chi connectivity index (χ0) is 22.9. The molecule has 0 unspecified atom stereocenters. The molecule has 1 aromatic heterocycles. The molecule has 3 aromatic rings. The number of anilines is 3. The van der Waals surface area contributed by atoms with E-state index in [9.17, 15) is 9.59 Å². The summed E-state index contributed by atoms with van der Waals surface area (Å²) < 4.78 is 1.73. The number of nitrogens with two attached hydrogens (primary N) is 2. The average Bonchev–Trinajstić information content (AvgIpc) is 3.09. The second kappa shape index (κ2) is 8.14. The Hall–Kier alpha value is -3.81. The Morgan fingerprint density at radius 2 is 1.71 bits per heavy atom. The van der Waals surface area contributed by atoms with Gasteiger partial charge in [-0.3, -0.25) is 9.59 Å². The number of aromatic nitrogens is 2. The number of amides is 2. The highest BCUT2D eigenvalue weighted by Crippen LogP contribution is 2.35. The minimum Gasteiger partial charge on any atom is -0.399 e. The molecule has 1 heterocycles. The van der Waals surface area contributed by atoms with Gasteiger partial charge in [0, 0.05) is 29.5 Å². The van der Waals surface area contributed by atoms with Crippen molar-refractivity contribution in [1.82, 2.24) is 15.1 Å². The number of carbonyl (C=O) groups is 2. The number of primary amides is 1. The number of benzene rings is 2. The lowest BCUT2D eigenvalue weighted by molar-refractivity contribution is 0.0960. The van der Waals surface area contributed by atoms with Crippen LogP contribution >= 0.6 is 0 Å². The third-order valence-corrected chi connectivity index (χ3v) is 4.92. The largest absolute Gasteiger partial charge is 0.399 e. The minimum absolute atomic E-state index is 0.192. The molecule has 0 aliphatic rings. The van der Waals surface area contributed by atoms with Crippen molar-refractivity contribution in [3.8, 4) is 11.3 Å². The van der Waals surface area contributed by atoms with Crippen LogP contribution in [0, 0.1) is 6.92 Å². The number of carbonyl (C=O) groups excluding carboxylic acids is 2. The Balaban J connectivity index is 2.20. The summed E-state index contributed by atoms with van der Waals surface area (Å²) in [6, 6.07) is 12.5. The SMILES string of the molecule is CNC(=O)c1cc(Nc2c(C(N)=O)c(-c3ccc(N)cc3)nn2C(C)(C)C)ccc1C. The molecule has 3 rings (SSSR count). The summed E-state index contributed by atoms with van der Waals surface area (Å²) >= 11 is 0. The van der Waals surface area contributed by atoms with Gasteiger partial charge in [-0.1, -0.05) is 18.2 Å². The van der Waals surface area contributed by atoms with Gasteiger partial charge in [-0.25, -0.2) is 4.68 Å². The number of hydrogen-bond donors (Lipinski definition) is 4. The first-order valence-electron chi connectivity index (χ1n) is 9.92. The zero-order valence-electron chi connectivity index (χ0n) is 18.4. The van der Waals surface area contributed by atoms with Gasteiger partial charge in [-0.2, -0.15) is 5.10 Å². The predicted molar refractivity (Wildman–Crippen MR) is 123 cm³/mol. The first-order chi connectivity index (χ1) is 14.5. The van der Waals surface area contributed by atoms with E-state index in [0.717, 1.165) is 11.1 Å². The van der Waals surface area contributed by atoms with Gasteiger partial charge in [0.1, 0.15) is 17.1 Å². The van der Waals surface area contributed by atoms with Crippen molar-refractivity contribution < 1.29 is 9.59 Å². The quantitative estimate of drug-likeness (QED) is 0.470. The molecule has 0 bridgehead atoms. The van der Waals surface area contributed by atoms with Gasteiger partial charge in [-0.05, 0) is 57.5 Å². The maximum absolute atomic E-state index is 12.5. The van der Waals surface area contributed by atoms with E-state index in [-0.39, 0.29) is 11.5 Å². The van der Waals surface area contributed by atoms with Crippen molar-refractivity contribution in [3.63, 3.8) is 0 Å². The van der Waals surface area contributed by atoms with Crippen LogP contribution in [0.15, 0.2) is 42.5 Å². The van der Waals surface area contributed by atoms with Gasteiger partial charge in [-0.15, -0.1) is 0 Å². The molecular weight excluding hydrogens is 392 g/mol. The number of nitrogen functional groups attached to an aromatic ring is 1. The fourth-order valence-electron chi connectivity index (χ4n) is 3.31. The zero-order valence-corrected chi connectivity index (χ0v) is 18.4. The molecule has 0 aliphatic carbocycles. The van der Waals surface area contributed by atoms with Crippen LogP contribution in [0.1, 0.15) is 47.1 Å². The van der Waals surface area contributed by atoms with Crippen LogP contribution in [0.3, 0.4) is 0 Å². The number of rotatable bonds is 5. The van der Waals surface area contributed by atoms with Crippen molar-refractivity contribution >= 4 is 29.0 Å². The van der Waals surface area contributed by atoms with E-state index in [1.807, 2.05) is 39.8 Å². The third kappa shape index (κ3) is 4.37. The second-order valence-corrected chi connectivity index (χ2v) is 8.37. The fourth-order valence-corrected chi connectivity index (χ4v) is 3.31. The molecule has 0 saturated carbocycles. The number of hydrogen-bond acceptors (Lipinski definition) is 5. The monoisotopic (exact) mass is 420 g/mol. The van der Waals surface area contributed by atoms with E-state index in [1.54, 1.807) is 42.1 Å². The highest BCUT2D eigenvalue weighted by Gasteiger charge is 2.29. The minimum atomic E-state index is -0.608. The molecule has 0 spiro atoms. The van der Waals surface area contributed by atoms with Crippen molar-refractivity contribution in [1.29, 1.82) is 0 Å². The van der Waals surface area contributed by atoms with Crippen molar-refractivity contribution in [3.05, 3.63) is 59.2 Å². The highest BCUT2D eigenvalue weighted by molar-refractivity contribution is 6.04. The smallest absolute Gasteiger partial charge is 0.254 e. The summed E-state index contributed by atoms with van der Waals surface area (Å²) in [4.78, 5) is 24.7. The van der Waals surface area contributed by atoms with Crippen molar-refractivity contribution in [2.24, 2.45) is 5.73 Å². The lowest BCUT2D eigenvalue weighted by atomic mass is 10.0. The van der Waals surface area contributed by atoms with Crippen molar-refractivity contribution in [2.45, 2.75) is 33.2 Å². The number of nitrogens with zero attached hydrogens (tertiary/aromatic N) is 2. The lowest BCUT2D eigenvalue weighted by Gasteiger charge is -2.23. The van der Waals surface area contributed by atoms with Crippen LogP contribution in [0.5, 0.6) is 0 Å². The van der Waals surface area contributed by atoms with E-state index in [4.69, 9.17) is 16.6 Å². The van der Waals surface area contributed by atoms with Crippen LogP contribution in [0.25, 0.3) is 11.3 Å². The fraction of sp³-hybridized carbons (Fsp3) is 0.261. The van der Waals surface area contributed by atoms with Gasteiger partial charge in [0.05, 0.1) is 5.54 Å². The molecular formula is C23H28N6O2. The van der Waals surface area contributed by atoms with Gasteiger partial charge in [0.15, 0.2) is 0 Å². The molecule has 0 aliphatic heterocycles. The molecule has 8 nitrogen and oxygen atoms in total. The second-order valence-electron chi connectivity index (χ2n) is 8.37. The number of nitrogens with one attached hydrogen (secondary N) is 2. The maximum Gasteiger partial charge on any atom is 0.254 e. The molecule has 0 saturated heterocycles. The van der Waals surface area contributed by atoms with Gasteiger partial charge in [0.2, 0.25) is 0 Å². The first-order valence-corrected chi connectivity index (χ1v) is 9.92. The lowest BCUT2D eigenvalue weighted by Crippen LogP contribution is -2.25. The third-order valence-electron chi connectivity index (χ3n) is 4.92. The van der Waals surface area contributed by atoms with Crippen LogP contribution in [0.2, 0.25) is 0 Å². The predicted octanol–water partition coefficient (Wildman–Crippen LogP) is 3.40. The topological polar surface area (TPSA) is 128 Å². The summed E-state index contributed by atoms with van der Waals surface area (Å²) in [5, 5.41) is 10.6. The van der Waals surface area contributed by atoms with E-state index in [0.29, 0.717) is 28.5 Å². The van der Waals surface area contributed by atoms with E-state index >= 15 is 0 Å². The van der Waals surface area contributed by atoms with Crippen LogP contribution in [0.4, 0.5) is 17.2 Å². The molecule has 2 amide bonds. The van der Waals surface area contributed by atoms with Gasteiger partial charge in [0.25, 0.3) is 11.8 Å². The van der Waals surface area contributed by atoms with Crippen LogP contribution in [-0.2, 0) is 5.54 Å². The molecule has 2 aromatic carbocycles. The molecule has 8 heteroatoms. The summed E-state index contributed by atoms with van der Waals surface area (Å²) in [5.41, 5.74) is 15.2. The molecule has 31 heavy (non-hydrogen) atoms. The Bertz CT molecular complexity index is 1140. The van der Waals surface area contributed by atoms with Gasteiger partial charge >= 0.3 is 0 Å². The maximum atomic E-state index is 12.5. The molecule has 162 valence electrons. The normalized spacial score (nSPS) is 11.3. The van der Waals surface area contributed by atoms with Crippen LogP contribution in [-0.4, -0.2) is 28.6 Å². The molecule has 0 radical (unpaired) electrons. The first kappa shape index (κ1) is 21.9. The Labute approximate surface area is 181 Å². The summed E-state index contributed by atoms with van der Waals surface area (Å²) in [5.74, 6) is -0.342. The van der Waals surface area contributed by atoms with E-state index < -0.39 is 11.4 Å².